The van der Waals surface area contributed by atoms with Gasteiger partial charge in [-0.15, -0.1) is 6.58 Å². The molecule has 1 unspecified atom stereocenters. The number of sulfonamides is 1. The quantitative estimate of drug-likeness (QED) is 0.706. The summed E-state index contributed by atoms with van der Waals surface area (Å²) in [5.41, 5.74) is 0.655. The smallest absolute Gasteiger partial charge is 0.212 e. The Kier molecular flexibility index (Phi) is 7.03. The van der Waals surface area contributed by atoms with Crippen molar-refractivity contribution in [1.29, 1.82) is 0 Å². The number of allylic oxidation sites excluding steroid dienone is 1. The Hall–Kier alpha value is -1.40. The maximum Gasteiger partial charge on any atom is 0.212 e. The maximum atomic E-state index is 13.7. The summed E-state index contributed by atoms with van der Waals surface area (Å²) in [6, 6.07) is 3.92. The zero-order valence-electron chi connectivity index (χ0n) is 13.3. The average Bonchev–Trinajstić information content (AvgIpc) is 2.43. The van der Waals surface area contributed by atoms with Gasteiger partial charge in [-0.2, -0.15) is 0 Å². The minimum atomic E-state index is -3.40. The first-order chi connectivity index (χ1) is 10.2. The number of benzene rings is 1. The van der Waals surface area contributed by atoms with Crippen molar-refractivity contribution >= 4 is 10.0 Å². The Morgan fingerprint density at radius 3 is 2.64 bits per heavy atom. The zero-order chi connectivity index (χ0) is 16.8. The molecule has 0 aromatic heterocycles. The van der Waals surface area contributed by atoms with Crippen molar-refractivity contribution in [1.82, 2.24) is 4.72 Å². The van der Waals surface area contributed by atoms with E-state index in [0.717, 1.165) is 0 Å². The first-order valence-electron chi connectivity index (χ1n) is 7.28. The number of rotatable bonds is 9. The van der Waals surface area contributed by atoms with Crippen LogP contribution in [0.2, 0.25) is 0 Å². The van der Waals surface area contributed by atoms with Crippen molar-refractivity contribution in [3.05, 3.63) is 42.2 Å². The summed E-state index contributed by atoms with van der Waals surface area (Å²) in [5.74, 6) is -0.0500. The second kappa shape index (κ2) is 8.29. The topological polar surface area (TPSA) is 55.4 Å². The van der Waals surface area contributed by atoms with Gasteiger partial charge in [0.15, 0.2) is 11.6 Å². The van der Waals surface area contributed by atoms with Crippen molar-refractivity contribution in [2.24, 2.45) is 5.92 Å². The summed E-state index contributed by atoms with van der Waals surface area (Å²) in [5, 5.41) is 0. The third kappa shape index (κ3) is 6.15. The van der Waals surface area contributed by atoms with Crippen molar-refractivity contribution in [2.45, 2.75) is 33.2 Å². The molecule has 22 heavy (non-hydrogen) atoms. The lowest BCUT2D eigenvalue weighted by Crippen LogP contribution is -2.29. The molecule has 1 rings (SSSR count). The van der Waals surface area contributed by atoms with Crippen molar-refractivity contribution in [2.75, 3.05) is 12.4 Å². The van der Waals surface area contributed by atoms with Crippen LogP contribution in [-0.2, 0) is 10.0 Å². The molecule has 0 aliphatic heterocycles. The fraction of sp³-hybridized carbons (Fsp3) is 0.500. The van der Waals surface area contributed by atoms with Gasteiger partial charge in [-0.1, -0.05) is 26.0 Å². The molecule has 1 aromatic rings. The predicted molar refractivity (Wildman–Crippen MR) is 86.9 cm³/mol. The second-order valence-electron chi connectivity index (χ2n) is 5.63. The maximum absolute atomic E-state index is 13.7. The molecule has 6 heteroatoms. The van der Waals surface area contributed by atoms with Crippen LogP contribution in [-0.4, -0.2) is 20.8 Å². The molecular formula is C16H24FNO3S. The van der Waals surface area contributed by atoms with Crippen molar-refractivity contribution in [3.63, 3.8) is 0 Å². The van der Waals surface area contributed by atoms with Crippen molar-refractivity contribution in [3.8, 4) is 5.75 Å². The lowest BCUT2D eigenvalue weighted by Gasteiger charge is -2.16. The van der Waals surface area contributed by atoms with Gasteiger partial charge in [0.25, 0.3) is 0 Å². The minimum absolute atomic E-state index is 0.0151. The molecule has 0 amide bonds. The number of nitrogens with one attached hydrogen (secondary N) is 1. The normalized spacial score (nSPS) is 13.1. The highest BCUT2D eigenvalue weighted by Crippen LogP contribution is 2.24. The van der Waals surface area contributed by atoms with E-state index in [2.05, 4.69) is 11.3 Å². The summed E-state index contributed by atoms with van der Waals surface area (Å²) in [6.07, 6.45) is 1.94. The van der Waals surface area contributed by atoms with Crippen LogP contribution in [0.4, 0.5) is 4.39 Å². The average molecular weight is 329 g/mol. The lowest BCUT2D eigenvalue weighted by atomic mass is 10.1. The first kappa shape index (κ1) is 18.6. The SMILES string of the molecule is C=CCCS(=O)(=O)NC(C)c1ccc(F)c(OCC(C)C)c1. The molecular weight excluding hydrogens is 305 g/mol. The highest BCUT2D eigenvalue weighted by Gasteiger charge is 2.16. The molecule has 1 atom stereocenters. The zero-order valence-corrected chi connectivity index (χ0v) is 14.1. The van der Waals surface area contributed by atoms with Crippen LogP contribution < -0.4 is 9.46 Å². The van der Waals surface area contributed by atoms with E-state index in [9.17, 15) is 12.8 Å². The second-order valence-corrected chi connectivity index (χ2v) is 7.50. The van der Waals surface area contributed by atoms with Gasteiger partial charge >= 0.3 is 0 Å². The van der Waals surface area contributed by atoms with Crippen LogP contribution in [0.1, 0.15) is 38.8 Å². The van der Waals surface area contributed by atoms with Crippen molar-refractivity contribution < 1.29 is 17.5 Å². The fourth-order valence-corrected chi connectivity index (χ4v) is 3.06. The molecule has 0 saturated heterocycles. The molecule has 0 aliphatic carbocycles. The number of ether oxygens (including phenoxy) is 1. The number of halogens is 1. The Labute approximate surface area is 132 Å². The molecule has 1 N–H and O–H groups in total. The van der Waals surface area contributed by atoms with Gasteiger partial charge in [-0.3, -0.25) is 0 Å². The van der Waals surface area contributed by atoms with Crippen LogP contribution in [0.5, 0.6) is 5.75 Å². The first-order valence-corrected chi connectivity index (χ1v) is 8.93. The van der Waals surface area contributed by atoms with Gasteiger partial charge in [0.1, 0.15) is 0 Å². The Morgan fingerprint density at radius 1 is 1.36 bits per heavy atom. The van der Waals surface area contributed by atoms with Crippen LogP contribution in [0, 0.1) is 11.7 Å². The monoisotopic (exact) mass is 329 g/mol. The van der Waals surface area contributed by atoms with Crippen LogP contribution in [0.25, 0.3) is 0 Å². The molecule has 0 heterocycles. The standard InChI is InChI=1S/C16H24FNO3S/c1-5-6-9-22(19,20)18-13(4)14-7-8-15(17)16(10-14)21-11-12(2)3/h5,7-8,10,12-13,18H,1,6,9,11H2,2-4H3. The molecule has 4 nitrogen and oxygen atoms in total. The highest BCUT2D eigenvalue weighted by atomic mass is 32.2. The van der Waals surface area contributed by atoms with Gasteiger partial charge < -0.3 is 4.74 Å². The number of hydrogen-bond acceptors (Lipinski definition) is 3. The van der Waals surface area contributed by atoms with Crippen LogP contribution in [0.15, 0.2) is 30.9 Å². The Bertz CT molecular complexity index is 599. The summed E-state index contributed by atoms with van der Waals surface area (Å²) < 4.78 is 45.4. The number of hydrogen-bond donors (Lipinski definition) is 1. The summed E-state index contributed by atoms with van der Waals surface area (Å²) >= 11 is 0. The molecule has 0 aliphatic rings. The molecule has 0 bridgehead atoms. The van der Waals surface area contributed by atoms with Gasteiger partial charge in [-0.05, 0) is 37.0 Å². The van der Waals surface area contributed by atoms with E-state index in [4.69, 9.17) is 4.74 Å². The summed E-state index contributed by atoms with van der Waals surface area (Å²) in [7, 11) is -3.40. The van der Waals surface area contributed by atoms with E-state index in [1.165, 1.54) is 6.07 Å². The van der Waals surface area contributed by atoms with Gasteiger partial charge in [-0.25, -0.2) is 17.5 Å². The Balaban J connectivity index is 2.83. The minimum Gasteiger partial charge on any atom is -0.490 e. The molecule has 0 radical (unpaired) electrons. The lowest BCUT2D eigenvalue weighted by molar-refractivity contribution is 0.259. The van der Waals surface area contributed by atoms with Gasteiger partial charge in [0.05, 0.1) is 12.4 Å². The summed E-state index contributed by atoms with van der Waals surface area (Å²) in [6.45, 7) is 9.56. The van der Waals surface area contributed by atoms with E-state index >= 15 is 0 Å². The highest BCUT2D eigenvalue weighted by molar-refractivity contribution is 7.89. The van der Waals surface area contributed by atoms with Gasteiger partial charge in [0, 0.05) is 6.04 Å². The predicted octanol–water partition coefficient (Wildman–Crippen LogP) is 3.42. The van der Waals surface area contributed by atoms with Gasteiger partial charge in [0.2, 0.25) is 10.0 Å². The van der Waals surface area contributed by atoms with Crippen LogP contribution in [0.3, 0.4) is 0 Å². The molecule has 124 valence electrons. The van der Waals surface area contributed by atoms with E-state index in [-0.39, 0.29) is 17.4 Å². The van der Waals surface area contributed by atoms with E-state index in [1.54, 1.807) is 25.1 Å². The fourth-order valence-electron chi connectivity index (χ4n) is 1.79. The molecule has 0 spiro atoms. The molecule has 0 fully saturated rings. The third-order valence-corrected chi connectivity index (χ3v) is 4.46. The van der Waals surface area contributed by atoms with Crippen LogP contribution >= 0.6 is 0 Å². The van der Waals surface area contributed by atoms with E-state index in [0.29, 0.717) is 18.6 Å². The van der Waals surface area contributed by atoms with E-state index in [1.807, 2.05) is 13.8 Å². The molecule has 0 saturated carbocycles. The van der Waals surface area contributed by atoms with E-state index < -0.39 is 21.9 Å². The molecule has 1 aromatic carbocycles. The largest absolute Gasteiger partial charge is 0.490 e. The summed E-state index contributed by atoms with van der Waals surface area (Å²) in [4.78, 5) is 0. The Morgan fingerprint density at radius 2 is 2.05 bits per heavy atom. The third-order valence-electron chi connectivity index (χ3n) is 2.97.